The van der Waals surface area contributed by atoms with Crippen molar-refractivity contribution in [1.29, 1.82) is 0 Å². The smallest absolute Gasteiger partial charge is 0.338 e. The number of fused-ring (bicyclic) bond motifs is 1. The predicted molar refractivity (Wildman–Crippen MR) is 146 cm³/mol. The number of nitrogens with one attached hydrogen (secondary N) is 1. The monoisotopic (exact) mass is 521 g/mol. The van der Waals surface area contributed by atoms with Crippen LogP contribution in [0.3, 0.4) is 0 Å². The molecule has 0 aromatic heterocycles. The van der Waals surface area contributed by atoms with Gasteiger partial charge in [0, 0.05) is 11.9 Å². The van der Waals surface area contributed by atoms with Crippen molar-refractivity contribution in [3.8, 4) is 11.5 Å². The van der Waals surface area contributed by atoms with E-state index in [2.05, 4.69) is 10.3 Å². The summed E-state index contributed by atoms with van der Waals surface area (Å²) >= 11 is 1.50. The number of esters is 1. The summed E-state index contributed by atoms with van der Waals surface area (Å²) in [6, 6.07) is 10.8. The second-order valence-electron chi connectivity index (χ2n) is 8.60. The van der Waals surface area contributed by atoms with Crippen LogP contribution in [0.1, 0.15) is 43.5 Å². The van der Waals surface area contributed by atoms with Gasteiger partial charge in [0.1, 0.15) is 0 Å². The van der Waals surface area contributed by atoms with Crippen molar-refractivity contribution in [3.63, 3.8) is 0 Å². The summed E-state index contributed by atoms with van der Waals surface area (Å²) in [5.74, 6) is 0.250. The van der Waals surface area contributed by atoms with Gasteiger partial charge in [0.05, 0.1) is 30.5 Å². The molecule has 1 amide bonds. The molecule has 0 bridgehead atoms. The summed E-state index contributed by atoms with van der Waals surface area (Å²) in [6.45, 7) is 10.00. The molecule has 0 saturated carbocycles. The highest BCUT2D eigenvalue weighted by molar-refractivity contribution is 8.16. The number of hydrogen-bond acceptors (Lipinski definition) is 8. The zero-order valence-corrected chi connectivity index (χ0v) is 22.5. The van der Waals surface area contributed by atoms with Crippen molar-refractivity contribution in [2.45, 2.75) is 40.7 Å². The number of rotatable bonds is 9. The Morgan fingerprint density at radius 3 is 2.54 bits per heavy atom. The second-order valence-corrected chi connectivity index (χ2v) is 9.47. The van der Waals surface area contributed by atoms with Gasteiger partial charge in [0.25, 0.3) is 5.91 Å². The van der Waals surface area contributed by atoms with Crippen molar-refractivity contribution >= 4 is 34.5 Å². The maximum absolute atomic E-state index is 12.9. The number of carbonyl (C=O) groups is 2. The van der Waals surface area contributed by atoms with E-state index in [4.69, 9.17) is 14.2 Å². The minimum atomic E-state index is -0.431. The maximum Gasteiger partial charge on any atom is 0.338 e. The highest BCUT2D eigenvalue weighted by Gasteiger charge is 2.37. The molecule has 1 N–H and O–H groups in total. The van der Waals surface area contributed by atoms with E-state index in [0.717, 1.165) is 27.5 Å². The minimum Gasteiger partial charge on any atom is -0.490 e. The number of aryl methyl sites for hydroxylation is 2. The van der Waals surface area contributed by atoms with Gasteiger partial charge in [-0.25, -0.2) is 9.79 Å². The Morgan fingerprint density at radius 2 is 1.81 bits per heavy atom. The van der Waals surface area contributed by atoms with E-state index in [1.165, 1.54) is 11.8 Å². The molecule has 37 heavy (non-hydrogen) atoms. The third-order valence-corrected chi connectivity index (χ3v) is 6.82. The summed E-state index contributed by atoms with van der Waals surface area (Å²) in [7, 11) is 0. The van der Waals surface area contributed by atoms with E-state index in [1.807, 2.05) is 74.5 Å². The zero-order chi connectivity index (χ0) is 26.5. The van der Waals surface area contributed by atoms with Crippen LogP contribution >= 0.6 is 11.8 Å². The number of anilines is 1. The van der Waals surface area contributed by atoms with E-state index in [0.29, 0.717) is 29.4 Å². The van der Waals surface area contributed by atoms with E-state index < -0.39 is 12.0 Å². The molecule has 0 aliphatic carbocycles. The Labute approximate surface area is 221 Å². The minimum absolute atomic E-state index is 0.175. The van der Waals surface area contributed by atoms with E-state index in [-0.39, 0.29) is 19.1 Å². The molecule has 4 rings (SSSR count). The fourth-order valence-electron chi connectivity index (χ4n) is 4.14. The molecule has 0 radical (unpaired) electrons. The number of benzene rings is 2. The number of allylic oxidation sites excluding steroid dienone is 1. The molecule has 2 aliphatic rings. The van der Waals surface area contributed by atoms with Crippen molar-refractivity contribution in [3.05, 3.63) is 76.0 Å². The number of nitrogens with zero attached hydrogens (tertiary/aromatic N) is 2. The molecular formula is C28H31N3O5S. The lowest BCUT2D eigenvalue weighted by atomic mass is 9.94. The number of carbonyl (C=O) groups excluding carboxylic acids is 2. The Bertz CT molecular complexity index is 1300. The van der Waals surface area contributed by atoms with Gasteiger partial charge in [0.2, 0.25) is 0 Å². The SMILES string of the molecule is CCOC(=O)C1=C(C)N=C2SC=CN2[C@@H]1c1ccc(OCC(=O)Nc2ccc(C)c(C)c2)c(OCC)c1. The Kier molecular flexibility index (Phi) is 8.23. The number of thioether (sulfide) groups is 1. The van der Waals surface area contributed by atoms with Gasteiger partial charge in [-0.15, -0.1) is 0 Å². The normalized spacial score (nSPS) is 16.3. The number of hydrogen-bond donors (Lipinski definition) is 1. The molecule has 0 fully saturated rings. The number of aliphatic imine (C=N–C) groups is 1. The van der Waals surface area contributed by atoms with E-state index in [1.54, 1.807) is 13.0 Å². The zero-order valence-electron chi connectivity index (χ0n) is 21.7. The lowest BCUT2D eigenvalue weighted by Crippen LogP contribution is -2.34. The van der Waals surface area contributed by atoms with Gasteiger partial charge >= 0.3 is 5.97 Å². The molecule has 2 aromatic carbocycles. The second kappa shape index (κ2) is 11.6. The molecular weight excluding hydrogens is 490 g/mol. The van der Waals surface area contributed by atoms with Gasteiger partial charge in [-0.1, -0.05) is 23.9 Å². The summed E-state index contributed by atoms with van der Waals surface area (Å²) in [5.41, 5.74) is 4.89. The van der Waals surface area contributed by atoms with Gasteiger partial charge in [0.15, 0.2) is 23.3 Å². The summed E-state index contributed by atoms with van der Waals surface area (Å²) < 4.78 is 17.1. The highest BCUT2D eigenvalue weighted by Crippen LogP contribution is 2.43. The van der Waals surface area contributed by atoms with Crippen LogP contribution in [0.5, 0.6) is 11.5 Å². The lowest BCUT2D eigenvalue weighted by Gasteiger charge is -2.33. The first-order valence-electron chi connectivity index (χ1n) is 12.2. The van der Waals surface area contributed by atoms with Gasteiger partial charge < -0.3 is 24.4 Å². The topological polar surface area (TPSA) is 89.5 Å². The van der Waals surface area contributed by atoms with Crippen molar-refractivity contribution < 1.29 is 23.8 Å². The van der Waals surface area contributed by atoms with E-state index in [9.17, 15) is 9.59 Å². The van der Waals surface area contributed by atoms with Crippen LogP contribution in [-0.2, 0) is 14.3 Å². The van der Waals surface area contributed by atoms with Gasteiger partial charge in [-0.2, -0.15) is 0 Å². The van der Waals surface area contributed by atoms with Crippen LogP contribution < -0.4 is 14.8 Å². The quantitative estimate of drug-likeness (QED) is 0.437. The molecule has 2 aromatic rings. The van der Waals surface area contributed by atoms with Crippen molar-refractivity contribution in [1.82, 2.24) is 4.90 Å². The van der Waals surface area contributed by atoms with E-state index >= 15 is 0 Å². The molecule has 194 valence electrons. The molecule has 8 nitrogen and oxygen atoms in total. The van der Waals surface area contributed by atoms with Crippen LogP contribution in [0.25, 0.3) is 0 Å². The van der Waals surface area contributed by atoms with Crippen LogP contribution in [0.4, 0.5) is 5.69 Å². The first kappa shape index (κ1) is 26.3. The molecule has 2 heterocycles. The average Bonchev–Trinajstić information content (AvgIpc) is 3.33. The lowest BCUT2D eigenvalue weighted by molar-refractivity contribution is -0.139. The van der Waals surface area contributed by atoms with Gasteiger partial charge in [-0.3, -0.25) is 4.79 Å². The molecule has 1 atom stereocenters. The van der Waals surface area contributed by atoms with Crippen LogP contribution in [-0.4, -0.2) is 41.8 Å². The van der Waals surface area contributed by atoms with Crippen molar-refractivity contribution in [2.75, 3.05) is 25.1 Å². The molecule has 0 spiro atoms. The number of ether oxygens (including phenoxy) is 3. The molecule has 2 aliphatic heterocycles. The molecule has 0 saturated heterocycles. The first-order valence-corrected chi connectivity index (χ1v) is 13.0. The average molecular weight is 522 g/mol. The highest BCUT2D eigenvalue weighted by atomic mass is 32.2. The maximum atomic E-state index is 12.9. The van der Waals surface area contributed by atoms with Gasteiger partial charge in [-0.05, 0) is 81.0 Å². The third-order valence-electron chi connectivity index (χ3n) is 6.05. The Morgan fingerprint density at radius 1 is 1.00 bits per heavy atom. The third kappa shape index (κ3) is 5.83. The Hall–Kier alpha value is -3.72. The van der Waals surface area contributed by atoms with Crippen molar-refractivity contribution in [2.24, 2.45) is 4.99 Å². The van der Waals surface area contributed by atoms with Crippen LogP contribution in [0, 0.1) is 13.8 Å². The fourth-order valence-corrected chi connectivity index (χ4v) is 4.93. The molecule has 9 heteroatoms. The summed E-state index contributed by atoms with van der Waals surface area (Å²) in [6.07, 6.45) is 1.90. The largest absolute Gasteiger partial charge is 0.490 e. The van der Waals surface area contributed by atoms with Crippen LogP contribution in [0.2, 0.25) is 0 Å². The predicted octanol–water partition coefficient (Wildman–Crippen LogP) is 5.49. The fraction of sp³-hybridized carbons (Fsp3) is 0.321. The number of amidine groups is 1. The van der Waals surface area contributed by atoms with Crippen LogP contribution in [0.15, 0.2) is 64.3 Å². The summed E-state index contributed by atoms with van der Waals surface area (Å²) in [5, 5.41) is 5.58. The molecule has 0 unspecified atom stereocenters. The first-order chi connectivity index (χ1) is 17.8. The Balaban J connectivity index is 1.57. The standard InChI is InChI=1S/C28H31N3O5S/c1-6-34-23-15-20(26-25(27(33)35-7-2)19(5)29-28-31(26)12-13-37-28)9-11-22(23)36-16-24(32)30-21-10-8-17(3)18(4)14-21/h8-15,26H,6-7,16H2,1-5H3,(H,30,32)/t26-/m1/s1. The number of amides is 1. The summed E-state index contributed by atoms with van der Waals surface area (Å²) in [4.78, 5) is 32.0.